The molecule has 0 unspecified atom stereocenters. The largest absolute Gasteiger partial charge is 0.466 e. The molecule has 0 amide bonds. The molecule has 1 saturated carbocycles. The summed E-state index contributed by atoms with van der Waals surface area (Å²) in [6.45, 7) is 5.57. The Kier molecular flexibility index (Phi) is 6.14. The Bertz CT molecular complexity index is 631. The van der Waals surface area contributed by atoms with Crippen LogP contribution in [0.15, 0.2) is 0 Å². The van der Waals surface area contributed by atoms with E-state index in [1.807, 2.05) is 0 Å². The van der Waals surface area contributed by atoms with Gasteiger partial charge in [-0.25, -0.2) is 4.98 Å². The average Bonchev–Trinajstić information content (AvgIpc) is 2.83. The van der Waals surface area contributed by atoms with Crippen LogP contribution in [0.3, 0.4) is 0 Å². The zero-order chi connectivity index (χ0) is 19.3. The number of nitro groups is 1. The van der Waals surface area contributed by atoms with Crippen molar-refractivity contribution in [2.24, 2.45) is 11.8 Å². The fourth-order valence-electron chi connectivity index (χ4n) is 3.76. The van der Waals surface area contributed by atoms with Crippen LogP contribution in [-0.4, -0.2) is 45.4 Å². The molecule has 1 aliphatic rings. The number of aliphatic hydroxyl groups excluding tert-OH is 2. The Morgan fingerprint density at radius 2 is 2.12 bits per heavy atom. The highest BCUT2D eigenvalue weighted by molar-refractivity contribution is 5.45. The lowest BCUT2D eigenvalue weighted by Gasteiger charge is -2.23. The van der Waals surface area contributed by atoms with Crippen molar-refractivity contribution in [2.45, 2.75) is 65.1 Å². The summed E-state index contributed by atoms with van der Waals surface area (Å²) in [7, 11) is 0. The van der Waals surface area contributed by atoms with Crippen molar-refractivity contribution in [3.05, 3.63) is 21.6 Å². The molecule has 1 fully saturated rings. The van der Waals surface area contributed by atoms with Gasteiger partial charge in [0.1, 0.15) is 17.6 Å². The summed E-state index contributed by atoms with van der Waals surface area (Å²) in [5.74, 6) is 0.435. The third kappa shape index (κ3) is 4.43. The van der Waals surface area contributed by atoms with Crippen LogP contribution in [-0.2, 0) is 0 Å². The third-order valence-electron chi connectivity index (χ3n) is 4.84. The molecule has 1 aromatic rings. The van der Waals surface area contributed by atoms with Gasteiger partial charge in [0.15, 0.2) is 0 Å². The molecule has 0 aromatic carbocycles. The van der Waals surface area contributed by atoms with E-state index >= 15 is 0 Å². The molecule has 1 heterocycles. The van der Waals surface area contributed by atoms with Crippen LogP contribution in [0.5, 0.6) is 5.88 Å². The molecule has 1 aromatic heterocycles. The van der Waals surface area contributed by atoms with Gasteiger partial charge in [-0.3, -0.25) is 10.1 Å². The van der Waals surface area contributed by atoms with Gasteiger partial charge in [0, 0.05) is 6.61 Å². The second kappa shape index (κ2) is 8.53. The first-order valence-electron chi connectivity index (χ1n) is 9.22. The minimum atomic E-state index is -0.702. The Hall–Kier alpha value is -1.80. The number of hydrogen-bond acceptors (Lipinski definition) is 7. The zero-order valence-electron chi connectivity index (χ0n) is 16.0. The first-order valence-corrected chi connectivity index (χ1v) is 8.81. The molecule has 1 aliphatic carbocycles. The lowest BCUT2D eigenvalue weighted by molar-refractivity contribution is -0.387. The molecule has 2 N–H and O–H groups in total. The van der Waals surface area contributed by atoms with Crippen LogP contribution in [0.1, 0.15) is 50.5 Å². The lowest BCUT2D eigenvalue weighted by Crippen LogP contribution is -2.34. The van der Waals surface area contributed by atoms with Gasteiger partial charge >= 0.3 is 5.69 Å². The summed E-state index contributed by atoms with van der Waals surface area (Å²) >= 11 is 0. The number of ether oxygens (including phenoxy) is 1. The second-order valence-corrected chi connectivity index (χ2v) is 6.73. The first-order chi connectivity index (χ1) is 12.4. The van der Waals surface area contributed by atoms with E-state index in [9.17, 15) is 15.2 Å². The van der Waals surface area contributed by atoms with Crippen LogP contribution >= 0.6 is 0 Å². The molecule has 0 spiro atoms. The summed E-state index contributed by atoms with van der Waals surface area (Å²) < 4.78 is 12.7. The molecular formula is C17H27N3O5. The molecule has 2 rings (SSSR count). The van der Waals surface area contributed by atoms with Gasteiger partial charge in [-0.1, -0.05) is 13.3 Å². The summed E-state index contributed by atoms with van der Waals surface area (Å²) in [4.78, 5) is 19.0. The lowest BCUT2D eigenvalue weighted by atomic mass is 9.97. The van der Waals surface area contributed by atoms with Crippen molar-refractivity contribution < 1.29 is 19.9 Å². The molecule has 0 bridgehead atoms. The number of nitrogens with zero attached hydrogens (tertiary/aromatic N) is 3. The number of aromatic nitrogens is 2. The summed E-state index contributed by atoms with van der Waals surface area (Å²) in [6, 6.07) is 0. The molecular weight excluding hydrogens is 326 g/mol. The summed E-state index contributed by atoms with van der Waals surface area (Å²) in [5, 5.41) is 26.5. The molecule has 25 heavy (non-hydrogen) atoms. The highest BCUT2D eigenvalue weighted by atomic mass is 16.6. The predicted octanol–water partition coefficient (Wildman–Crippen LogP) is 2.32. The monoisotopic (exact) mass is 355 g/mol. The van der Waals surface area contributed by atoms with Gasteiger partial charge in [-0.05, 0) is 51.4 Å². The van der Waals surface area contributed by atoms with Crippen LogP contribution in [0.2, 0.25) is 0 Å². The third-order valence-corrected chi connectivity index (χ3v) is 4.84. The van der Waals surface area contributed by atoms with E-state index in [4.69, 9.17) is 6.17 Å². The van der Waals surface area contributed by atoms with Crippen molar-refractivity contribution in [3.63, 3.8) is 0 Å². The van der Waals surface area contributed by atoms with Crippen LogP contribution in [0.4, 0.5) is 5.69 Å². The van der Waals surface area contributed by atoms with E-state index < -0.39 is 17.1 Å². The summed E-state index contributed by atoms with van der Waals surface area (Å²) in [5.41, 5.74) is -0.00997. The van der Waals surface area contributed by atoms with Crippen LogP contribution < -0.4 is 4.74 Å². The number of rotatable bonds is 9. The van der Waals surface area contributed by atoms with Crippen molar-refractivity contribution >= 4 is 5.69 Å². The van der Waals surface area contributed by atoms with Gasteiger partial charge < -0.3 is 15.0 Å². The second-order valence-electron chi connectivity index (χ2n) is 6.73. The maximum absolute atomic E-state index is 11.4. The van der Waals surface area contributed by atoms with E-state index in [0.29, 0.717) is 18.9 Å². The predicted molar refractivity (Wildman–Crippen MR) is 91.4 cm³/mol. The minimum absolute atomic E-state index is 0.0341. The quantitative estimate of drug-likeness (QED) is 0.396. The van der Waals surface area contributed by atoms with Crippen LogP contribution in [0, 0.1) is 35.8 Å². The van der Waals surface area contributed by atoms with Gasteiger partial charge in [-0.2, -0.15) is 4.98 Å². The van der Waals surface area contributed by atoms with Crippen molar-refractivity contribution in [2.75, 3.05) is 6.61 Å². The minimum Gasteiger partial charge on any atom is -0.466 e. The van der Waals surface area contributed by atoms with E-state index in [0.717, 1.165) is 25.7 Å². The maximum Gasteiger partial charge on any atom is 0.351 e. The fourth-order valence-corrected chi connectivity index (χ4v) is 3.76. The van der Waals surface area contributed by atoms with Crippen molar-refractivity contribution in [1.82, 2.24) is 9.97 Å². The standard InChI is InChI=1S/C17H27N3O5/c1-4-6-12-9-13(7-5-8-21)16(15(12)22)25-17-14(20(23)24)10(2)18-11(3)19-17/h12-13,15-16,21-22H,4-9H2,1-3H3/t12-,13-,15+,16-/m0/s1/i21T. The van der Waals surface area contributed by atoms with Crippen LogP contribution in [0.25, 0.3) is 0 Å². The van der Waals surface area contributed by atoms with Crippen molar-refractivity contribution in [1.29, 1.82) is 1.43 Å². The first kappa shape index (κ1) is 18.0. The topological polar surface area (TPSA) is 119 Å². The molecule has 8 nitrogen and oxygen atoms in total. The molecule has 0 saturated heterocycles. The molecule has 8 heteroatoms. The Labute approximate surface area is 148 Å². The highest BCUT2D eigenvalue weighted by Gasteiger charge is 2.44. The Balaban J connectivity index is 2.27. The average molecular weight is 355 g/mol. The SMILES string of the molecule is [3H]OCCC[C@H]1C[C@H](CCC)[C@@H](O)[C@H]1Oc1nc(C)nc(C)c1[N+](=O)[O-]. The zero-order valence-corrected chi connectivity index (χ0v) is 15.0. The molecule has 4 atom stereocenters. The Morgan fingerprint density at radius 3 is 2.76 bits per heavy atom. The maximum atomic E-state index is 11.4. The van der Waals surface area contributed by atoms with Gasteiger partial charge in [0.2, 0.25) is 1.43 Å². The molecule has 0 radical (unpaired) electrons. The van der Waals surface area contributed by atoms with E-state index in [-0.39, 0.29) is 29.1 Å². The van der Waals surface area contributed by atoms with Gasteiger partial charge in [0.05, 0.1) is 11.0 Å². The van der Waals surface area contributed by atoms with Gasteiger partial charge in [-0.15, -0.1) is 0 Å². The normalized spacial score (nSPS) is 26.5. The number of hydrogen-bond donors (Lipinski definition) is 2. The smallest absolute Gasteiger partial charge is 0.351 e. The highest BCUT2D eigenvalue weighted by Crippen LogP contribution is 2.40. The summed E-state index contributed by atoms with van der Waals surface area (Å²) in [6.07, 6.45) is 2.73. The molecule has 0 aliphatic heterocycles. The Morgan fingerprint density at radius 1 is 1.36 bits per heavy atom. The molecule has 140 valence electrons. The number of aliphatic hydroxyl groups is 2. The van der Waals surface area contributed by atoms with Crippen molar-refractivity contribution in [3.8, 4) is 5.88 Å². The van der Waals surface area contributed by atoms with E-state index in [1.54, 1.807) is 13.8 Å². The van der Waals surface area contributed by atoms with Gasteiger partial charge in [0.25, 0.3) is 5.88 Å². The fraction of sp³-hybridized carbons (Fsp3) is 0.765. The van der Waals surface area contributed by atoms with E-state index in [1.165, 1.54) is 0 Å². The number of aryl methyl sites for hydroxylation is 2. The van der Waals surface area contributed by atoms with E-state index in [2.05, 4.69) is 22.0 Å².